The van der Waals surface area contributed by atoms with Crippen molar-refractivity contribution in [3.8, 4) is 0 Å². The third-order valence-corrected chi connectivity index (χ3v) is 3.41. The molecule has 0 heterocycles. The van der Waals surface area contributed by atoms with Crippen molar-refractivity contribution in [1.29, 1.82) is 0 Å². The van der Waals surface area contributed by atoms with Crippen molar-refractivity contribution in [2.45, 2.75) is 33.7 Å². The topological polar surface area (TPSA) is 78.4 Å². The monoisotopic (exact) mass is 312 g/mol. The number of carbonyl (C=O) groups is 2. The van der Waals surface area contributed by atoms with Gasteiger partial charge in [-0.1, -0.05) is 31.5 Å². The zero-order valence-corrected chi connectivity index (χ0v) is 13.4. The number of carboxylic acid groups (broad SMARTS) is 1. The molecule has 0 spiro atoms. The summed E-state index contributed by atoms with van der Waals surface area (Å²) < 4.78 is 0. The first-order valence-electron chi connectivity index (χ1n) is 6.75. The van der Waals surface area contributed by atoms with Crippen LogP contribution in [0.4, 0.5) is 5.69 Å². The summed E-state index contributed by atoms with van der Waals surface area (Å²) in [5, 5.41) is 15.0. The highest BCUT2D eigenvalue weighted by Crippen LogP contribution is 2.27. The van der Waals surface area contributed by atoms with Crippen LogP contribution in [0.25, 0.3) is 0 Å². The summed E-state index contributed by atoms with van der Waals surface area (Å²) in [6.07, 6.45) is 0. The Morgan fingerprint density at radius 1 is 1.29 bits per heavy atom. The van der Waals surface area contributed by atoms with Gasteiger partial charge in [0.05, 0.1) is 17.3 Å². The molecule has 1 amide bonds. The van der Waals surface area contributed by atoms with Crippen molar-refractivity contribution in [3.63, 3.8) is 0 Å². The zero-order chi connectivity index (χ0) is 16.2. The van der Waals surface area contributed by atoms with Crippen LogP contribution in [0, 0.1) is 19.8 Å². The van der Waals surface area contributed by atoms with Crippen molar-refractivity contribution in [2.75, 3.05) is 11.9 Å². The summed E-state index contributed by atoms with van der Waals surface area (Å²) in [5.74, 6) is -1.40. The molecule has 1 aromatic rings. The molecule has 0 aromatic heterocycles. The maximum absolute atomic E-state index is 11.9. The lowest BCUT2D eigenvalue weighted by molar-refractivity contribution is -0.140. The lowest BCUT2D eigenvalue weighted by Gasteiger charge is -2.18. The Bertz CT molecular complexity index is 521. The van der Waals surface area contributed by atoms with Gasteiger partial charge in [-0.2, -0.15) is 0 Å². The third-order valence-electron chi connectivity index (χ3n) is 3.11. The molecule has 21 heavy (non-hydrogen) atoms. The van der Waals surface area contributed by atoms with Gasteiger partial charge in [-0.05, 0) is 37.0 Å². The van der Waals surface area contributed by atoms with Gasteiger partial charge in [-0.3, -0.25) is 14.9 Å². The smallest absolute Gasteiger partial charge is 0.320 e. The van der Waals surface area contributed by atoms with Gasteiger partial charge in [-0.25, -0.2) is 0 Å². The van der Waals surface area contributed by atoms with Gasteiger partial charge in [-0.15, -0.1) is 0 Å². The largest absolute Gasteiger partial charge is 0.480 e. The second-order valence-corrected chi connectivity index (χ2v) is 5.83. The molecule has 0 bridgehead atoms. The number of aliphatic carboxylic acids is 1. The predicted octanol–water partition coefficient (Wildman–Crippen LogP) is 2.59. The lowest BCUT2D eigenvalue weighted by atomic mass is 10.1. The summed E-state index contributed by atoms with van der Waals surface area (Å²) in [5.41, 5.74) is 2.44. The minimum Gasteiger partial charge on any atom is -0.480 e. The van der Waals surface area contributed by atoms with Gasteiger partial charge in [0.25, 0.3) is 0 Å². The van der Waals surface area contributed by atoms with Gasteiger partial charge in [0.1, 0.15) is 6.04 Å². The summed E-state index contributed by atoms with van der Waals surface area (Å²) in [6, 6.07) is 2.93. The number of rotatable bonds is 6. The van der Waals surface area contributed by atoms with Crippen LogP contribution in [-0.2, 0) is 9.59 Å². The quantitative estimate of drug-likeness (QED) is 0.754. The molecular weight excluding hydrogens is 292 g/mol. The minimum atomic E-state index is -0.970. The average Bonchev–Trinajstić information content (AvgIpc) is 2.33. The first-order valence-corrected chi connectivity index (χ1v) is 7.13. The fraction of sp³-hybridized carbons (Fsp3) is 0.467. The maximum Gasteiger partial charge on any atom is 0.320 e. The van der Waals surface area contributed by atoms with Gasteiger partial charge < -0.3 is 10.4 Å². The summed E-state index contributed by atoms with van der Waals surface area (Å²) in [6.45, 7) is 7.26. The van der Waals surface area contributed by atoms with Crippen LogP contribution in [0.1, 0.15) is 25.0 Å². The number of hydrogen-bond acceptors (Lipinski definition) is 3. The third kappa shape index (κ3) is 5.02. The zero-order valence-electron chi connectivity index (χ0n) is 12.7. The van der Waals surface area contributed by atoms with Crippen LogP contribution >= 0.6 is 11.6 Å². The molecule has 1 unspecified atom stereocenters. The van der Waals surface area contributed by atoms with Crippen molar-refractivity contribution in [2.24, 2.45) is 5.92 Å². The van der Waals surface area contributed by atoms with E-state index in [-0.39, 0.29) is 18.4 Å². The second kappa shape index (κ2) is 7.43. The molecule has 116 valence electrons. The normalized spacial score (nSPS) is 12.3. The number of aryl methyl sites for hydroxylation is 2. The van der Waals surface area contributed by atoms with E-state index in [1.165, 1.54) is 0 Å². The van der Waals surface area contributed by atoms with Crippen LogP contribution < -0.4 is 10.6 Å². The van der Waals surface area contributed by atoms with Crippen LogP contribution in [0.5, 0.6) is 0 Å². The van der Waals surface area contributed by atoms with Crippen molar-refractivity contribution >= 4 is 29.2 Å². The van der Waals surface area contributed by atoms with Crippen LogP contribution in [0.2, 0.25) is 5.02 Å². The molecule has 0 fully saturated rings. The SMILES string of the molecule is Cc1cc(C)c(NC(=O)CNC(C(=O)O)C(C)C)c(Cl)c1. The van der Waals surface area contributed by atoms with E-state index in [1.54, 1.807) is 19.9 Å². The van der Waals surface area contributed by atoms with E-state index in [0.29, 0.717) is 10.7 Å². The Morgan fingerprint density at radius 2 is 1.90 bits per heavy atom. The number of nitrogens with one attached hydrogen (secondary N) is 2. The molecule has 5 nitrogen and oxygen atoms in total. The van der Waals surface area contributed by atoms with Crippen LogP contribution in [0.3, 0.4) is 0 Å². The Hall–Kier alpha value is -1.59. The van der Waals surface area contributed by atoms with E-state index in [9.17, 15) is 9.59 Å². The number of carbonyl (C=O) groups excluding carboxylic acids is 1. The van der Waals surface area contributed by atoms with Gasteiger partial charge in [0.2, 0.25) is 5.91 Å². The molecule has 1 atom stereocenters. The van der Waals surface area contributed by atoms with Crippen LogP contribution in [-0.4, -0.2) is 29.6 Å². The first-order chi connectivity index (χ1) is 9.72. The lowest BCUT2D eigenvalue weighted by Crippen LogP contribution is -2.44. The van der Waals surface area contributed by atoms with Crippen LogP contribution in [0.15, 0.2) is 12.1 Å². The Morgan fingerprint density at radius 3 is 2.38 bits per heavy atom. The molecule has 1 rings (SSSR count). The summed E-state index contributed by atoms with van der Waals surface area (Å²) in [7, 11) is 0. The second-order valence-electron chi connectivity index (χ2n) is 5.43. The molecular formula is C15H21ClN2O3. The van der Waals surface area contributed by atoms with E-state index in [0.717, 1.165) is 11.1 Å². The number of benzene rings is 1. The summed E-state index contributed by atoms with van der Waals surface area (Å²) >= 11 is 6.11. The molecule has 0 aliphatic carbocycles. The van der Waals surface area contributed by atoms with Crippen molar-refractivity contribution in [1.82, 2.24) is 5.32 Å². The van der Waals surface area contributed by atoms with Gasteiger partial charge in [0.15, 0.2) is 0 Å². The number of halogens is 1. The standard InChI is InChI=1S/C15H21ClN2O3/c1-8(2)13(15(20)21)17-7-12(19)18-14-10(4)5-9(3)6-11(14)16/h5-6,8,13,17H,7H2,1-4H3,(H,18,19)(H,20,21). The Kier molecular flexibility index (Phi) is 6.18. The Labute approximate surface area is 129 Å². The van der Waals surface area contributed by atoms with E-state index in [1.807, 2.05) is 19.9 Å². The molecule has 0 radical (unpaired) electrons. The number of carboxylic acids is 1. The average molecular weight is 313 g/mol. The molecule has 1 aromatic carbocycles. The minimum absolute atomic E-state index is 0.0845. The fourth-order valence-corrected chi connectivity index (χ4v) is 2.44. The fourth-order valence-electron chi connectivity index (χ4n) is 2.07. The van der Waals surface area contributed by atoms with Crippen molar-refractivity contribution in [3.05, 3.63) is 28.3 Å². The molecule has 0 aliphatic rings. The molecule has 0 aliphatic heterocycles. The van der Waals surface area contributed by atoms with E-state index in [4.69, 9.17) is 16.7 Å². The maximum atomic E-state index is 11.9. The van der Waals surface area contributed by atoms with E-state index in [2.05, 4.69) is 10.6 Å². The molecule has 0 saturated heterocycles. The Balaban J connectivity index is 2.69. The molecule has 6 heteroatoms. The first kappa shape index (κ1) is 17.5. The highest BCUT2D eigenvalue weighted by Gasteiger charge is 2.21. The highest BCUT2D eigenvalue weighted by molar-refractivity contribution is 6.34. The van der Waals surface area contributed by atoms with Gasteiger partial charge >= 0.3 is 5.97 Å². The summed E-state index contributed by atoms with van der Waals surface area (Å²) in [4.78, 5) is 23.0. The molecule has 0 saturated carbocycles. The van der Waals surface area contributed by atoms with Gasteiger partial charge in [0, 0.05) is 0 Å². The van der Waals surface area contributed by atoms with Crippen molar-refractivity contribution < 1.29 is 14.7 Å². The highest BCUT2D eigenvalue weighted by atomic mass is 35.5. The number of anilines is 1. The number of hydrogen-bond donors (Lipinski definition) is 3. The predicted molar refractivity (Wildman–Crippen MR) is 83.8 cm³/mol. The number of amides is 1. The van der Waals surface area contributed by atoms with E-state index >= 15 is 0 Å². The van der Waals surface area contributed by atoms with E-state index < -0.39 is 12.0 Å². The molecule has 3 N–H and O–H groups in total.